The van der Waals surface area contributed by atoms with Gasteiger partial charge < -0.3 is 4.98 Å². The lowest BCUT2D eigenvalue weighted by Crippen LogP contribution is -1.85. The molecule has 2 aromatic rings. The van der Waals surface area contributed by atoms with Crippen molar-refractivity contribution in [3.05, 3.63) is 60.3 Å². The van der Waals surface area contributed by atoms with Crippen molar-refractivity contribution in [2.75, 3.05) is 0 Å². The Balaban J connectivity index is 1.40. The average Bonchev–Trinajstić information content (AvgIpc) is 3.11. The van der Waals surface area contributed by atoms with Gasteiger partial charge in [-0.15, -0.1) is 0 Å². The Morgan fingerprint density at radius 2 is 1.41 bits per heavy atom. The lowest BCUT2D eigenvalue weighted by Gasteiger charge is -2.01. The molecule has 0 radical (unpaired) electrons. The molecule has 0 aliphatic carbocycles. The number of nitrogens with one attached hydrogen (secondary N) is 1. The zero-order chi connectivity index (χ0) is 19.0. The first kappa shape index (κ1) is 21.5. The number of rotatable bonds is 15. The van der Waals surface area contributed by atoms with Gasteiger partial charge in [0.2, 0.25) is 0 Å². The van der Waals surface area contributed by atoms with E-state index in [9.17, 15) is 0 Å². The number of hydrogen-bond donors (Lipinski definition) is 1. The molecule has 1 aromatic carbocycles. The van der Waals surface area contributed by atoms with Crippen LogP contribution >= 0.6 is 0 Å². The molecule has 1 heteroatoms. The molecule has 0 atom stereocenters. The topological polar surface area (TPSA) is 15.8 Å². The van der Waals surface area contributed by atoms with E-state index in [1.165, 1.54) is 93.5 Å². The highest BCUT2D eigenvalue weighted by atomic mass is 14.7. The van der Waals surface area contributed by atoms with Gasteiger partial charge in [-0.1, -0.05) is 88.0 Å². The second-order valence-corrected chi connectivity index (χ2v) is 7.69. The van der Waals surface area contributed by atoms with Gasteiger partial charge in [-0.2, -0.15) is 0 Å². The van der Waals surface area contributed by atoms with Crippen LogP contribution in [-0.4, -0.2) is 4.98 Å². The SMILES string of the molecule is CCCCC/C=C\C/C=C\CCCCCCCCc1c[nH]c2ccccc12. The van der Waals surface area contributed by atoms with Gasteiger partial charge in [0.1, 0.15) is 0 Å². The third-order valence-electron chi connectivity index (χ3n) is 5.32. The minimum absolute atomic E-state index is 1.11. The fourth-order valence-electron chi connectivity index (χ4n) is 3.64. The fraction of sp³-hybridized carbons (Fsp3) is 0.538. The minimum atomic E-state index is 1.11. The van der Waals surface area contributed by atoms with Crippen molar-refractivity contribution in [2.45, 2.75) is 90.4 Å². The summed E-state index contributed by atoms with van der Waals surface area (Å²) < 4.78 is 0. The number of unbranched alkanes of at least 4 members (excludes halogenated alkanes) is 9. The summed E-state index contributed by atoms with van der Waals surface area (Å²) in [5.74, 6) is 0. The van der Waals surface area contributed by atoms with Crippen molar-refractivity contribution in [2.24, 2.45) is 0 Å². The summed E-state index contributed by atoms with van der Waals surface area (Å²) in [6.45, 7) is 2.26. The Bertz CT molecular complexity index is 662. The Hall–Kier alpha value is -1.76. The van der Waals surface area contributed by atoms with E-state index in [-0.39, 0.29) is 0 Å². The van der Waals surface area contributed by atoms with E-state index in [4.69, 9.17) is 0 Å². The molecule has 27 heavy (non-hydrogen) atoms. The molecule has 0 fully saturated rings. The van der Waals surface area contributed by atoms with Crippen molar-refractivity contribution in [3.63, 3.8) is 0 Å². The second-order valence-electron chi connectivity index (χ2n) is 7.69. The largest absolute Gasteiger partial charge is 0.361 e. The quantitative estimate of drug-likeness (QED) is 0.240. The van der Waals surface area contributed by atoms with Crippen LogP contribution in [0.4, 0.5) is 0 Å². The maximum absolute atomic E-state index is 3.38. The Labute approximate surface area is 167 Å². The summed E-state index contributed by atoms with van der Waals surface area (Å²) in [7, 11) is 0. The van der Waals surface area contributed by atoms with E-state index in [0.29, 0.717) is 0 Å². The van der Waals surface area contributed by atoms with Crippen LogP contribution in [0.1, 0.15) is 89.5 Å². The van der Waals surface area contributed by atoms with Gasteiger partial charge in [0.15, 0.2) is 0 Å². The zero-order valence-corrected chi connectivity index (χ0v) is 17.4. The number of aromatic amines is 1. The van der Waals surface area contributed by atoms with E-state index in [0.717, 1.165) is 6.42 Å². The average molecular weight is 366 g/mol. The predicted octanol–water partition coefficient (Wildman–Crippen LogP) is 8.52. The van der Waals surface area contributed by atoms with Gasteiger partial charge in [0.25, 0.3) is 0 Å². The Kier molecular flexibility index (Phi) is 11.4. The van der Waals surface area contributed by atoms with Crippen molar-refractivity contribution < 1.29 is 0 Å². The number of fused-ring (bicyclic) bond motifs is 1. The van der Waals surface area contributed by atoms with E-state index < -0.39 is 0 Å². The Morgan fingerprint density at radius 1 is 0.741 bits per heavy atom. The van der Waals surface area contributed by atoms with Crippen LogP contribution < -0.4 is 0 Å². The molecule has 0 aliphatic heterocycles. The van der Waals surface area contributed by atoms with Gasteiger partial charge in [0.05, 0.1) is 0 Å². The summed E-state index contributed by atoms with van der Waals surface area (Å²) in [5.41, 5.74) is 2.75. The molecule has 1 heterocycles. The number of hydrogen-bond acceptors (Lipinski definition) is 0. The molecular weight excluding hydrogens is 326 g/mol. The van der Waals surface area contributed by atoms with Crippen molar-refractivity contribution in [1.29, 1.82) is 0 Å². The molecule has 0 bridgehead atoms. The van der Waals surface area contributed by atoms with Crippen LogP contribution in [-0.2, 0) is 6.42 Å². The summed E-state index contributed by atoms with van der Waals surface area (Å²) in [6.07, 6.45) is 28.6. The second kappa shape index (κ2) is 14.3. The molecule has 0 spiro atoms. The van der Waals surface area contributed by atoms with Crippen LogP contribution in [0.15, 0.2) is 54.8 Å². The van der Waals surface area contributed by atoms with Crippen molar-refractivity contribution in [1.82, 2.24) is 4.98 Å². The molecule has 2 rings (SSSR count). The smallest absolute Gasteiger partial charge is 0.0456 e. The van der Waals surface area contributed by atoms with Crippen LogP contribution in [0.3, 0.4) is 0 Å². The first-order chi connectivity index (χ1) is 13.4. The summed E-state index contributed by atoms with van der Waals surface area (Å²) in [4.78, 5) is 3.38. The molecule has 1 nitrogen and oxygen atoms in total. The number of aryl methyl sites for hydroxylation is 1. The third kappa shape index (κ3) is 9.13. The number of H-pyrrole nitrogens is 1. The van der Waals surface area contributed by atoms with E-state index >= 15 is 0 Å². The molecule has 148 valence electrons. The third-order valence-corrected chi connectivity index (χ3v) is 5.32. The zero-order valence-electron chi connectivity index (χ0n) is 17.4. The van der Waals surface area contributed by atoms with Gasteiger partial charge in [-0.25, -0.2) is 0 Å². The van der Waals surface area contributed by atoms with Gasteiger partial charge in [-0.3, -0.25) is 0 Å². The number of aromatic nitrogens is 1. The first-order valence-corrected chi connectivity index (χ1v) is 11.3. The van der Waals surface area contributed by atoms with Crippen LogP contribution in [0.5, 0.6) is 0 Å². The molecule has 0 saturated heterocycles. The highest BCUT2D eigenvalue weighted by Gasteiger charge is 2.02. The lowest BCUT2D eigenvalue weighted by molar-refractivity contribution is 0.597. The highest BCUT2D eigenvalue weighted by Crippen LogP contribution is 2.20. The van der Waals surface area contributed by atoms with E-state index in [1.54, 1.807) is 0 Å². The molecule has 0 saturated carbocycles. The van der Waals surface area contributed by atoms with Crippen molar-refractivity contribution in [3.8, 4) is 0 Å². The normalized spacial score (nSPS) is 12.0. The molecule has 1 N–H and O–H groups in total. The molecule has 1 aromatic heterocycles. The summed E-state index contributed by atoms with van der Waals surface area (Å²) in [5, 5.41) is 1.40. The van der Waals surface area contributed by atoms with Gasteiger partial charge >= 0.3 is 0 Å². The predicted molar refractivity (Wildman–Crippen MR) is 121 cm³/mol. The van der Waals surface area contributed by atoms with E-state index in [1.807, 2.05) is 0 Å². The lowest BCUT2D eigenvalue weighted by atomic mass is 10.0. The molecular formula is C26H39N. The molecule has 0 unspecified atom stereocenters. The number of allylic oxidation sites excluding steroid dienone is 4. The van der Waals surface area contributed by atoms with Crippen LogP contribution in [0, 0.1) is 0 Å². The maximum atomic E-state index is 3.38. The van der Waals surface area contributed by atoms with Crippen molar-refractivity contribution >= 4 is 10.9 Å². The van der Waals surface area contributed by atoms with E-state index in [2.05, 4.69) is 66.7 Å². The molecule has 0 aliphatic rings. The molecule has 0 amide bonds. The standard InChI is InChI=1S/C26H39N/c1-2-3-4-5-6-7-8-9-10-11-12-13-14-15-16-17-20-24-23-27-26-22-19-18-21-25(24)26/h6-7,9-10,18-19,21-23,27H,2-5,8,11-17,20H2,1H3/b7-6-,10-9-. The Morgan fingerprint density at radius 3 is 2.19 bits per heavy atom. The maximum Gasteiger partial charge on any atom is 0.0456 e. The van der Waals surface area contributed by atoms with Crippen LogP contribution in [0.2, 0.25) is 0 Å². The highest BCUT2D eigenvalue weighted by molar-refractivity contribution is 5.82. The monoisotopic (exact) mass is 365 g/mol. The van der Waals surface area contributed by atoms with Gasteiger partial charge in [-0.05, 0) is 56.6 Å². The summed E-state index contributed by atoms with van der Waals surface area (Å²) >= 11 is 0. The number of benzene rings is 1. The van der Waals surface area contributed by atoms with Crippen LogP contribution in [0.25, 0.3) is 10.9 Å². The van der Waals surface area contributed by atoms with Gasteiger partial charge in [0, 0.05) is 17.1 Å². The fourth-order valence-corrected chi connectivity index (χ4v) is 3.64. The minimum Gasteiger partial charge on any atom is -0.361 e. The first-order valence-electron chi connectivity index (χ1n) is 11.3. The number of para-hydroxylation sites is 1. The summed E-state index contributed by atoms with van der Waals surface area (Å²) in [6, 6.07) is 8.63.